The first-order valence-electron chi connectivity index (χ1n) is 10.1. The number of halogens is 2. The molecule has 0 saturated carbocycles. The minimum Gasteiger partial charge on any atom is -0.493 e. The molecule has 1 heterocycles. The fraction of sp³-hybridized carbons (Fsp3) is 0.261. The molecular formula is C23H21BrClNO7S. The second-order valence-corrected chi connectivity index (χ2v) is 9.05. The van der Waals surface area contributed by atoms with Crippen LogP contribution >= 0.6 is 39.3 Å². The summed E-state index contributed by atoms with van der Waals surface area (Å²) >= 11 is 10.1. The van der Waals surface area contributed by atoms with Crippen LogP contribution in [0.25, 0.3) is 6.08 Å². The molecule has 11 heteroatoms. The van der Waals surface area contributed by atoms with Gasteiger partial charge in [-0.25, -0.2) is 4.79 Å². The van der Waals surface area contributed by atoms with Gasteiger partial charge in [-0.05, 0) is 82.7 Å². The summed E-state index contributed by atoms with van der Waals surface area (Å²) in [7, 11) is 1.46. The normalized spacial score (nSPS) is 14.5. The number of ether oxygens (including phenoxy) is 4. The molecule has 0 atom stereocenters. The number of imide groups is 1. The van der Waals surface area contributed by atoms with E-state index < -0.39 is 11.9 Å². The Hall–Kier alpha value is -2.69. The van der Waals surface area contributed by atoms with Crippen molar-refractivity contribution in [2.75, 3.05) is 33.5 Å². The van der Waals surface area contributed by atoms with Crippen LogP contribution in [0.4, 0.5) is 4.79 Å². The van der Waals surface area contributed by atoms with E-state index in [2.05, 4.69) is 15.9 Å². The van der Waals surface area contributed by atoms with Crippen LogP contribution in [0.5, 0.6) is 17.2 Å². The highest BCUT2D eigenvalue weighted by Crippen LogP contribution is 2.39. The van der Waals surface area contributed by atoms with E-state index in [1.807, 2.05) is 0 Å². The van der Waals surface area contributed by atoms with Crippen LogP contribution in [0, 0.1) is 0 Å². The summed E-state index contributed by atoms with van der Waals surface area (Å²) in [6.07, 6.45) is 1.59. The van der Waals surface area contributed by atoms with Gasteiger partial charge in [0.2, 0.25) is 0 Å². The van der Waals surface area contributed by atoms with Crippen molar-refractivity contribution in [1.29, 1.82) is 0 Å². The van der Waals surface area contributed by atoms with E-state index in [4.69, 9.17) is 30.5 Å². The number of amides is 2. The molecule has 0 aromatic heterocycles. The molecule has 1 fully saturated rings. The third-order valence-corrected chi connectivity index (χ3v) is 6.21. The topological polar surface area (TPSA) is 91.4 Å². The van der Waals surface area contributed by atoms with Crippen LogP contribution in [0.1, 0.15) is 12.5 Å². The van der Waals surface area contributed by atoms with Crippen molar-refractivity contribution < 1.29 is 33.3 Å². The van der Waals surface area contributed by atoms with Crippen molar-refractivity contribution in [1.82, 2.24) is 4.90 Å². The second kappa shape index (κ2) is 12.1. The van der Waals surface area contributed by atoms with E-state index in [-0.39, 0.29) is 36.5 Å². The van der Waals surface area contributed by atoms with Gasteiger partial charge in [-0.15, -0.1) is 0 Å². The molecule has 1 aliphatic heterocycles. The molecule has 2 aromatic carbocycles. The van der Waals surface area contributed by atoms with Gasteiger partial charge >= 0.3 is 5.97 Å². The predicted molar refractivity (Wildman–Crippen MR) is 132 cm³/mol. The molecule has 2 amide bonds. The fourth-order valence-electron chi connectivity index (χ4n) is 2.93. The Kier molecular flexibility index (Phi) is 9.26. The lowest BCUT2D eigenvalue weighted by molar-refractivity contribution is -0.145. The molecule has 1 saturated heterocycles. The zero-order valence-corrected chi connectivity index (χ0v) is 21.5. The smallest absolute Gasteiger partial charge is 0.344 e. The van der Waals surface area contributed by atoms with E-state index in [1.54, 1.807) is 49.4 Å². The summed E-state index contributed by atoms with van der Waals surface area (Å²) in [5.41, 5.74) is 0.607. The Morgan fingerprint density at radius 2 is 1.91 bits per heavy atom. The standard InChI is InChI=1S/C23H21BrClNO7S/c1-3-31-20(27)13-33-21-17(24)10-14(11-18(21)30-2)12-19-22(28)26(23(29)34-19)8-9-32-16-6-4-15(25)5-7-16/h4-7,10-12H,3,8-9,13H2,1-2H3/b19-12-. The lowest BCUT2D eigenvalue weighted by atomic mass is 10.2. The first-order valence-corrected chi connectivity index (χ1v) is 12.1. The van der Waals surface area contributed by atoms with Gasteiger partial charge in [-0.3, -0.25) is 14.5 Å². The maximum Gasteiger partial charge on any atom is 0.344 e. The highest BCUT2D eigenvalue weighted by atomic mass is 79.9. The lowest BCUT2D eigenvalue weighted by Crippen LogP contribution is -2.32. The van der Waals surface area contributed by atoms with Gasteiger partial charge in [0.25, 0.3) is 11.1 Å². The number of rotatable bonds is 10. The summed E-state index contributed by atoms with van der Waals surface area (Å²) in [5, 5.41) is 0.210. The highest BCUT2D eigenvalue weighted by Gasteiger charge is 2.35. The molecule has 1 aliphatic rings. The largest absolute Gasteiger partial charge is 0.493 e. The Bertz CT molecular complexity index is 1110. The summed E-state index contributed by atoms with van der Waals surface area (Å²) in [6.45, 7) is 1.94. The van der Waals surface area contributed by atoms with Crippen LogP contribution in [0.3, 0.4) is 0 Å². The molecule has 0 N–H and O–H groups in total. The Balaban J connectivity index is 1.68. The van der Waals surface area contributed by atoms with Gasteiger partial charge in [0.15, 0.2) is 18.1 Å². The Morgan fingerprint density at radius 1 is 1.18 bits per heavy atom. The summed E-state index contributed by atoms with van der Waals surface area (Å²) in [6, 6.07) is 10.1. The number of thioether (sulfide) groups is 1. The quantitative estimate of drug-likeness (QED) is 0.286. The van der Waals surface area contributed by atoms with Crippen molar-refractivity contribution >= 4 is 62.5 Å². The van der Waals surface area contributed by atoms with Gasteiger partial charge in [0, 0.05) is 5.02 Å². The third kappa shape index (κ3) is 6.68. The minimum absolute atomic E-state index is 0.109. The van der Waals surface area contributed by atoms with Crippen LogP contribution < -0.4 is 14.2 Å². The minimum atomic E-state index is -0.505. The number of carbonyl (C=O) groups excluding carboxylic acids is 3. The van der Waals surface area contributed by atoms with Gasteiger partial charge in [0.1, 0.15) is 12.4 Å². The molecule has 180 valence electrons. The molecule has 8 nitrogen and oxygen atoms in total. The van der Waals surface area contributed by atoms with E-state index in [0.717, 1.165) is 16.7 Å². The maximum absolute atomic E-state index is 12.8. The Morgan fingerprint density at radius 3 is 2.59 bits per heavy atom. The summed E-state index contributed by atoms with van der Waals surface area (Å²) in [5.74, 6) is 0.344. The average molecular weight is 571 g/mol. The van der Waals surface area contributed by atoms with Gasteiger partial charge in [-0.2, -0.15) is 0 Å². The Labute approximate surface area is 214 Å². The molecule has 0 spiro atoms. The zero-order valence-electron chi connectivity index (χ0n) is 18.3. The fourth-order valence-corrected chi connectivity index (χ4v) is 4.49. The van der Waals surface area contributed by atoms with Crippen LogP contribution in [0.15, 0.2) is 45.8 Å². The summed E-state index contributed by atoms with van der Waals surface area (Å²) < 4.78 is 21.8. The second-order valence-electron chi connectivity index (χ2n) is 6.76. The van der Waals surface area contributed by atoms with Crippen molar-refractivity contribution in [3.63, 3.8) is 0 Å². The van der Waals surface area contributed by atoms with Crippen LogP contribution in [-0.2, 0) is 14.3 Å². The van der Waals surface area contributed by atoms with Crippen molar-refractivity contribution in [2.45, 2.75) is 6.92 Å². The van der Waals surface area contributed by atoms with Crippen molar-refractivity contribution in [3.05, 3.63) is 56.4 Å². The molecule has 0 unspecified atom stereocenters. The molecule has 0 aliphatic carbocycles. The number of nitrogens with zero attached hydrogens (tertiary/aromatic N) is 1. The molecule has 34 heavy (non-hydrogen) atoms. The zero-order chi connectivity index (χ0) is 24.7. The van der Waals surface area contributed by atoms with E-state index >= 15 is 0 Å². The van der Waals surface area contributed by atoms with E-state index in [0.29, 0.717) is 32.3 Å². The monoisotopic (exact) mass is 569 g/mol. The first-order chi connectivity index (χ1) is 16.3. The van der Waals surface area contributed by atoms with Crippen molar-refractivity contribution in [3.8, 4) is 17.2 Å². The molecule has 3 rings (SSSR count). The van der Waals surface area contributed by atoms with Crippen molar-refractivity contribution in [2.24, 2.45) is 0 Å². The van der Waals surface area contributed by atoms with Gasteiger partial charge in [-0.1, -0.05) is 11.6 Å². The number of methoxy groups -OCH3 is 1. The third-order valence-electron chi connectivity index (χ3n) is 4.46. The van der Waals surface area contributed by atoms with E-state index in [1.165, 1.54) is 7.11 Å². The predicted octanol–water partition coefficient (Wildman–Crippen LogP) is 5.17. The van der Waals surface area contributed by atoms with Gasteiger partial charge in [0.05, 0.1) is 29.6 Å². The molecule has 2 aromatic rings. The maximum atomic E-state index is 12.8. The number of hydrogen-bond donors (Lipinski definition) is 0. The number of benzene rings is 2. The van der Waals surface area contributed by atoms with E-state index in [9.17, 15) is 14.4 Å². The SMILES string of the molecule is CCOC(=O)COc1c(Br)cc(/C=C2\SC(=O)N(CCOc3ccc(Cl)cc3)C2=O)cc1OC. The lowest BCUT2D eigenvalue weighted by Gasteiger charge is -2.14. The van der Waals surface area contributed by atoms with Crippen LogP contribution in [-0.4, -0.2) is 55.5 Å². The molecule has 0 radical (unpaired) electrons. The summed E-state index contributed by atoms with van der Waals surface area (Å²) in [4.78, 5) is 38.1. The number of carbonyl (C=O) groups is 3. The number of esters is 1. The van der Waals surface area contributed by atoms with Crippen LogP contribution in [0.2, 0.25) is 5.02 Å². The molecular weight excluding hydrogens is 550 g/mol. The molecule has 0 bridgehead atoms. The average Bonchev–Trinajstić information content (AvgIpc) is 3.06. The number of hydrogen-bond acceptors (Lipinski definition) is 8. The first kappa shape index (κ1) is 25.9. The highest BCUT2D eigenvalue weighted by molar-refractivity contribution is 9.10. The van der Waals surface area contributed by atoms with Gasteiger partial charge < -0.3 is 18.9 Å².